The van der Waals surface area contributed by atoms with Gasteiger partial charge in [0.15, 0.2) is 4.32 Å². The Kier molecular flexibility index (Phi) is 5.28. The fourth-order valence-electron chi connectivity index (χ4n) is 2.53. The highest BCUT2D eigenvalue weighted by molar-refractivity contribution is 8.27. The molecule has 0 bridgehead atoms. The molecule has 0 spiro atoms. The van der Waals surface area contributed by atoms with E-state index in [1.165, 1.54) is 24.3 Å². The first-order valence-corrected chi connectivity index (χ1v) is 8.82. The average molecular weight is 433 g/mol. The zero-order valence-electron chi connectivity index (χ0n) is 13.6. The number of benzene rings is 2. The molecule has 2 aromatic rings. The van der Waals surface area contributed by atoms with Gasteiger partial charge in [0.1, 0.15) is 0 Å². The van der Waals surface area contributed by atoms with Gasteiger partial charge in [-0.1, -0.05) is 48.2 Å². The molecule has 1 aliphatic heterocycles. The van der Waals surface area contributed by atoms with Gasteiger partial charge in [0, 0.05) is 0 Å². The molecule has 1 fully saturated rings. The Balaban J connectivity index is 1.99. The van der Waals surface area contributed by atoms with Gasteiger partial charge in [-0.2, -0.15) is 26.3 Å². The maximum absolute atomic E-state index is 13.1. The molecule has 2 aromatic carbocycles. The van der Waals surface area contributed by atoms with Gasteiger partial charge in [0.2, 0.25) is 0 Å². The van der Waals surface area contributed by atoms with Gasteiger partial charge in [0.25, 0.3) is 5.91 Å². The van der Waals surface area contributed by atoms with Crippen LogP contribution in [0.25, 0.3) is 6.08 Å². The van der Waals surface area contributed by atoms with Crippen molar-refractivity contribution >= 4 is 46.0 Å². The van der Waals surface area contributed by atoms with E-state index >= 15 is 0 Å². The Bertz CT molecular complexity index is 981. The van der Waals surface area contributed by atoms with Crippen LogP contribution in [-0.4, -0.2) is 10.2 Å². The fourth-order valence-corrected chi connectivity index (χ4v) is 3.82. The predicted molar refractivity (Wildman–Crippen MR) is 98.5 cm³/mol. The number of carbonyl (C=O) groups excluding carboxylic acids is 1. The van der Waals surface area contributed by atoms with E-state index in [1.54, 1.807) is 0 Å². The third kappa shape index (κ3) is 4.07. The molecule has 2 nitrogen and oxygen atoms in total. The van der Waals surface area contributed by atoms with Crippen LogP contribution in [0.4, 0.5) is 32.0 Å². The van der Waals surface area contributed by atoms with E-state index in [4.69, 9.17) is 12.2 Å². The first kappa shape index (κ1) is 20.4. The van der Waals surface area contributed by atoms with Crippen molar-refractivity contribution in [1.82, 2.24) is 0 Å². The highest BCUT2D eigenvalue weighted by Gasteiger charge is 2.37. The summed E-state index contributed by atoms with van der Waals surface area (Å²) in [5.41, 5.74) is -2.24. The van der Waals surface area contributed by atoms with Crippen molar-refractivity contribution in [2.24, 2.45) is 0 Å². The molecule has 0 radical (unpaired) electrons. The zero-order chi connectivity index (χ0) is 20.7. The van der Waals surface area contributed by atoms with Crippen LogP contribution >= 0.6 is 24.0 Å². The molecule has 0 N–H and O–H groups in total. The minimum absolute atomic E-state index is 0.0694. The molecule has 10 heteroatoms. The number of alkyl halides is 6. The summed E-state index contributed by atoms with van der Waals surface area (Å²) >= 11 is 5.78. The predicted octanol–water partition coefficient (Wildman–Crippen LogP) is 6.13. The number of thiocarbonyl (C=S) groups is 1. The summed E-state index contributed by atoms with van der Waals surface area (Å²) in [6, 6.07) is 8.67. The molecule has 0 aliphatic carbocycles. The summed E-state index contributed by atoms with van der Waals surface area (Å²) in [7, 11) is 0. The van der Waals surface area contributed by atoms with Crippen molar-refractivity contribution < 1.29 is 31.1 Å². The number of hydrogen-bond donors (Lipinski definition) is 0. The molecule has 1 amide bonds. The Morgan fingerprint density at radius 1 is 0.929 bits per heavy atom. The summed E-state index contributed by atoms with van der Waals surface area (Å²) in [6.07, 6.45) is -8.20. The maximum Gasteiger partial charge on any atom is 0.416 e. The van der Waals surface area contributed by atoms with Crippen LogP contribution in [-0.2, 0) is 17.1 Å². The molecule has 0 unspecified atom stereocenters. The number of anilines is 1. The van der Waals surface area contributed by atoms with Gasteiger partial charge in [-0.25, -0.2) is 0 Å². The quantitative estimate of drug-likeness (QED) is 0.323. The Hall–Kier alpha value is -2.33. The summed E-state index contributed by atoms with van der Waals surface area (Å²) in [5.74, 6) is -0.786. The molecule has 1 aliphatic rings. The molecular weight excluding hydrogens is 424 g/mol. The Morgan fingerprint density at radius 3 is 2.25 bits per heavy atom. The van der Waals surface area contributed by atoms with Gasteiger partial charge < -0.3 is 0 Å². The number of halogens is 6. The number of carbonyl (C=O) groups is 1. The van der Waals surface area contributed by atoms with E-state index in [0.717, 1.165) is 47.0 Å². The minimum Gasteiger partial charge on any atom is -0.268 e. The number of hydrogen-bond acceptors (Lipinski definition) is 3. The molecule has 0 atom stereocenters. The molecule has 146 valence electrons. The van der Waals surface area contributed by atoms with Crippen LogP contribution in [0.1, 0.15) is 16.7 Å². The third-order valence-electron chi connectivity index (χ3n) is 3.78. The van der Waals surface area contributed by atoms with Crippen molar-refractivity contribution in [2.75, 3.05) is 4.90 Å². The molecule has 1 heterocycles. The molecule has 1 saturated heterocycles. The molecule has 28 heavy (non-hydrogen) atoms. The van der Waals surface area contributed by atoms with Crippen molar-refractivity contribution in [3.63, 3.8) is 0 Å². The smallest absolute Gasteiger partial charge is 0.268 e. The van der Waals surface area contributed by atoms with Crippen molar-refractivity contribution in [1.29, 1.82) is 0 Å². The Labute approximate surface area is 164 Å². The van der Waals surface area contributed by atoms with Crippen molar-refractivity contribution in [3.8, 4) is 0 Å². The second-order valence-corrected chi connectivity index (χ2v) is 7.33. The van der Waals surface area contributed by atoms with Crippen LogP contribution in [0.15, 0.2) is 53.4 Å². The lowest BCUT2D eigenvalue weighted by molar-refractivity contribution is -0.138. The number of rotatable bonds is 2. The van der Waals surface area contributed by atoms with Gasteiger partial charge in [-0.05, 0) is 35.9 Å². The van der Waals surface area contributed by atoms with Gasteiger partial charge >= 0.3 is 12.4 Å². The fraction of sp³-hybridized carbons (Fsp3) is 0.111. The molecule has 0 aromatic heterocycles. The van der Waals surface area contributed by atoms with E-state index < -0.39 is 29.4 Å². The van der Waals surface area contributed by atoms with E-state index in [9.17, 15) is 31.1 Å². The van der Waals surface area contributed by atoms with Crippen LogP contribution in [0.3, 0.4) is 0 Å². The molecule has 3 rings (SSSR count). The van der Waals surface area contributed by atoms with Crippen LogP contribution in [0, 0.1) is 0 Å². The number of thioether (sulfide) groups is 1. The lowest BCUT2D eigenvalue weighted by atomic mass is 10.1. The lowest BCUT2D eigenvalue weighted by Crippen LogP contribution is -2.27. The van der Waals surface area contributed by atoms with Crippen LogP contribution in [0.2, 0.25) is 0 Å². The summed E-state index contributed by atoms with van der Waals surface area (Å²) in [4.78, 5) is 13.4. The van der Waals surface area contributed by atoms with Crippen LogP contribution < -0.4 is 4.90 Å². The second kappa shape index (κ2) is 7.25. The minimum atomic E-state index is -4.62. The first-order valence-electron chi connectivity index (χ1n) is 7.60. The first-order chi connectivity index (χ1) is 13.0. The normalized spacial score (nSPS) is 16.9. The maximum atomic E-state index is 13.1. The Morgan fingerprint density at radius 2 is 1.61 bits per heavy atom. The standard InChI is InChI=1S/C18H9F6NOS2/c19-17(20,21)11-5-3-6-12(9-11)25-15(26)14(28-16(25)27)8-10-4-1-2-7-13(10)18(22,23)24/h1-9H/b14-8+. The monoisotopic (exact) mass is 433 g/mol. The van der Waals surface area contributed by atoms with E-state index in [2.05, 4.69) is 0 Å². The summed E-state index contributed by atoms with van der Waals surface area (Å²) in [5, 5.41) is 0. The molecule has 0 saturated carbocycles. The summed E-state index contributed by atoms with van der Waals surface area (Å²) < 4.78 is 78.1. The topological polar surface area (TPSA) is 20.3 Å². The molecular formula is C18H9F6NOS2. The number of amides is 1. The largest absolute Gasteiger partial charge is 0.416 e. The average Bonchev–Trinajstić information content (AvgIpc) is 2.87. The van der Waals surface area contributed by atoms with Gasteiger partial charge in [-0.15, -0.1) is 0 Å². The van der Waals surface area contributed by atoms with Gasteiger partial charge in [0.05, 0.1) is 21.7 Å². The highest BCUT2D eigenvalue weighted by atomic mass is 32.2. The van der Waals surface area contributed by atoms with Crippen LogP contribution in [0.5, 0.6) is 0 Å². The zero-order valence-corrected chi connectivity index (χ0v) is 15.3. The highest BCUT2D eigenvalue weighted by Crippen LogP contribution is 2.40. The van der Waals surface area contributed by atoms with Crippen molar-refractivity contribution in [2.45, 2.75) is 12.4 Å². The second-order valence-electron chi connectivity index (χ2n) is 5.65. The SMILES string of the molecule is O=C1/C(=C\c2ccccc2C(F)(F)F)SC(=S)N1c1cccc(C(F)(F)F)c1. The number of nitrogens with zero attached hydrogens (tertiary/aromatic N) is 1. The lowest BCUT2D eigenvalue weighted by Gasteiger charge is -2.16. The van der Waals surface area contributed by atoms with Crippen molar-refractivity contribution in [3.05, 3.63) is 70.1 Å². The van der Waals surface area contributed by atoms with E-state index in [0.29, 0.717) is 0 Å². The van der Waals surface area contributed by atoms with Gasteiger partial charge in [-0.3, -0.25) is 9.69 Å². The summed E-state index contributed by atoms with van der Waals surface area (Å²) in [6.45, 7) is 0. The third-order valence-corrected chi connectivity index (χ3v) is 5.08. The van der Waals surface area contributed by atoms with E-state index in [-0.39, 0.29) is 20.5 Å². The van der Waals surface area contributed by atoms with E-state index in [1.807, 2.05) is 0 Å².